The van der Waals surface area contributed by atoms with Crippen molar-refractivity contribution in [3.63, 3.8) is 0 Å². The highest BCUT2D eigenvalue weighted by atomic mass is 127. The minimum atomic E-state index is 0. The lowest BCUT2D eigenvalue weighted by Gasteiger charge is -1.64. The predicted octanol–water partition coefficient (Wildman–Crippen LogP) is -4.08. The molecule has 0 aliphatic carbocycles. The Morgan fingerprint density at radius 1 is 1.86 bits per heavy atom. The van der Waals surface area contributed by atoms with Gasteiger partial charge in [0.25, 0.3) is 0 Å². The number of aliphatic imine (C=N–C) groups is 1. The van der Waals surface area contributed by atoms with Gasteiger partial charge >= 0.3 is 5.17 Å². The van der Waals surface area contributed by atoms with E-state index in [1.165, 1.54) is 0 Å². The van der Waals surface area contributed by atoms with Gasteiger partial charge < -0.3 is 24.0 Å². The van der Waals surface area contributed by atoms with Crippen molar-refractivity contribution in [3.05, 3.63) is 0 Å². The average Bonchev–Trinajstić information content (AvgIpc) is 1.86. The van der Waals surface area contributed by atoms with Gasteiger partial charge in [0.2, 0.25) is 0 Å². The largest absolute Gasteiger partial charge is 1.00 e. The standard InChI is InChI=1S/C3H4N2S.HI/c4-3-5-1-2-6-3;/h1,4H,2H2;1H. The molecule has 0 spiro atoms. The highest BCUT2D eigenvalue weighted by Crippen LogP contribution is 2.03. The van der Waals surface area contributed by atoms with Crippen LogP contribution in [0.4, 0.5) is 0 Å². The molecule has 0 radical (unpaired) electrons. The van der Waals surface area contributed by atoms with E-state index in [2.05, 4.69) is 4.99 Å². The van der Waals surface area contributed by atoms with Gasteiger partial charge in [0, 0.05) is 0 Å². The monoisotopic (exact) mass is 228 g/mol. The van der Waals surface area contributed by atoms with Gasteiger partial charge in [-0.1, -0.05) is 0 Å². The summed E-state index contributed by atoms with van der Waals surface area (Å²) >= 11 is 1.57. The highest BCUT2D eigenvalue weighted by Gasteiger charge is 2.07. The van der Waals surface area contributed by atoms with Gasteiger partial charge in [-0.2, -0.15) is 0 Å². The SMILES string of the molecule is [I-].[NH2+]=C1N=CCS1. The molecular formula is C3H5IN2S. The molecule has 1 aliphatic heterocycles. The first-order valence-corrected chi connectivity index (χ1v) is 2.66. The molecule has 0 amide bonds. The van der Waals surface area contributed by atoms with Crippen molar-refractivity contribution in [2.24, 2.45) is 4.99 Å². The number of rotatable bonds is 0. The maximum Gasteiger partial charge on any atom is 0.350 e. The van der Waals surface area contributed by atoms with Crippen molar-refractivity contribution in [2.45, 2.75) is 0 Å². The molecule has 0 atom stereocenters. The topological polar surface area (TPSA) is 38.0 Å². The van der Waals surface area contributed by atoms with Crippen LogP contribution in [0.15, 0.2) is 4.99 Å². The van der Waals surface area contributed by atoms with Crippen LogP contribution >= 0.6 is 11.8 Å². The first-order valence-electron chi connectivity index (χ1n) is 1.67. The first kappa shape index (κ1) is 7.42. The van der Waals surface area contributed by atoms with E-state index < -0.39 is 0 Å². The highest BCUT2D eigenvalue weighted by molar-refractivity contribution is 8.14. The molecular weight excluding hydrogens is 223 g/mol. The Bertz CT molecular complexity index is 101. The molecule has 0 saturated carbocycles. The van der Waals surface area contributed by atoms with Gasteiger partial charge in [-0.05, 0) is 16.8 Å². The van der Waals surface area contributed by atoms with E-state index in [1.54, 1.807) is 18.0 Å². The number of hydrogen-bond donors (Lipinski definition) is 1. The van der Waals surface area contributed by atoms with Crippen molar-refractivity contribution in [1.82, 2.24) is 0 Å². The lowest BCUT2D eigenvalue weighted by atomic mass is 10.9. The van der Waals surface area contributed by atoms with Gasteiger partial charge in [-0.3, -0.25) is 5.41 Å². The van der Waals surface area contributed by atoms with Crippen molar-refractivity contribution in [1.29, 1.82) is 0 Å². The van der Waals surface area contributed by atoms with E-state index in [0.29, 0.717) is 5.17 Å². The van der Waals surface area contributed by atoms with E-state index in [0.717, 1.165) is 5.75 Å². The summed E-state index contributed by atoms with van der Waals surface area (Å²) in [6.07, 6.45) is 1.81. The molecule has 4 heteroatoms. The number of thioether (sulfide) groups is 1. The van der Waals surface area contributed by atoms with Crippen molar-refractivity contribution in [3.8, 4) is 0 Å². The Morgan fingerprint density at radius 2 is 2.57 bits per heavy atom. The molecule has 1 heterocycles. The second-order valence-corrected chi connectivity index (χ2v) is 2.00. The number of nitrogens with zero attached hydrogens (tertiary/aromatic N) is 1. The summed E-state index contributed by atoms with van der Waals surface area (Å²) in [5.41, 5.74) is 0. The summed E-state index contributed by atoms with van der Waals surface area (Å²) in [5, 5.41) is 5.91. The zero-order chi connectivity index (χ0) is 4.41. The zero-order valence-electron chi connectivity index (χ0n) is 3.60. The minimum absolute atomic E-state index is 0. The van der Waals surface area contributed by atoms with Crippen LogP contribution in [0.25, 0.3) is 0 Å². The van der Waals surface area contributed by atoms with Crippen LogP contribution in [-0.4, -0.2) is 17.1 Å². The van der Waals surface area contributed by atoms with Crippen molar-refractivity contribution >= 4 is 23.1 Å². The van der Waals surface area contributed by atoms with Gasteiger partial charge in [0.1, 0.15) is 6.21 Å². The third-order valence-electron chi connectivity index (χ3n) is 0.524. The summed E-state index contributed by atoms with van der Waals surface area (Å²) in [6.45, 7) is 0. The molecule has 7 heavy (non-hydrogen) atoms. The summed E-state index contributed by atoms with van der Waals surface area (Å²) in [7, 11) is 0. The fraction of sp³-hybridized carbons (Fsp3) is 0.333. The third-order valence-corrected chi connectivity index (χ3v) is 1.24. The minimum Gasteiger partial charge on any atom is -1.00 e. The fourth-order valence-electron chi connectivity index (χ4n) is 0.287. The quantitative estimate of drug-likeness (QED) is 0.421. The lowest BCUT2D eigenvalue weighted by molar-refractivity contribution is -0.109. The van der Waals surface area contributed by atoms with E-state index >= 15 is 0 Å². The van der Waals surface area contributed by atoms with E-state index in [1.807, 2.05) is 0 Å². The van der Waals surface area contributed by atoms with Gasteiger partial charge in [0.15, 0.2) is 0 Å². The van der Waals surface area contributed by atoms with E-state index in [9.17, 15) is 0 Å². The molecule has 2 nitrogen and oxygen atoms in total. The van der Waals surface area contributed by atoms with Crippen LogP contribution in [0, 0.1) is 0 Å². The summed E-state index contributed by atoms with van der Waals surface area (Å²) in [6, 6.07) is 0. The molecule has 0 bridgehead atoms. The molecule has 0 saturated heterocycles. The Labute approximate surface area is 63.3 Å². The summed E-state index contributed by atoms with van der Waals surface area (Å²) < 4.78 is 0. The van der Waals surface area contributed by atoms with E-state index in [-0.39, 0.29) is 24.0 Å². The van der Waals surface area contributed by atoms with Crippen LogP contribution in [0.3, 0.4) is 0 Å². The first-order chi connectivity index (χ1) is 2.89. The third kappa shape index (κ3) is 2.28. The van der Waals surface area contributed by atoms with Gasteiger partial charge in [-0.15, -0.1) is 0 Å². The van der Waals surface area contributed by atoms with Crippen LogP contribution in [0.5, 0.6) is 0 Å². The molecule has 0 aromatic rings. The zero-order valence-corrected chi connectivity index (χ0v) is 6.57. The maximum atomic E-state index is 5.22. The van der Waals surface area contributed by atoms with Crippen molar-refractivity contribution < 1.29 is 29.4 Å². The Morgan fingerprint density at radius 3 is 2.71 bits per heavy atom. The second kappa shape index (κ2) is 3.43. The average molecular weight is 228 g/mol. The van der Waals surface area contributed by atoms with Crippen LogP contribution in [0.2, 0.25) is 0 Å². The van der Waals surface area contributed by atoms with Crippen LogP contribution in [0.1, 0.15) is 0 Å². The Hall–Kier alpha value is 0.420. The normalized spacial score (nSPS) is 16.9. The molecule has 0 aromatic heterocycles. The van der Waals surface area contributed by atoms with Gasteiger partial charge in [-0.25, -0.2) is 0 Å². The maximum absolute atomic E-state index is 5.22. The number of hydrogen-bond acceptors (Lipinski definition) is 1. The summed E-state index contributed by atoms with van der Waals surface area (Å²) in [5.74, 6) is 0.950. The van der Waals surface area contributed by atoms with E-state index in [4.69, 9.17) is 5.41 Å². The molecule has 2 N–H and O–H groups in total. The van der Waals surface area contributed by atoms with Gasteiger partial charge in [0.05, 0.1) is 5.75 Å². The molecule has 1 rings (SSSR count). The molecule has 0 unspecified atom stereocenters. The predicted molar refractivity (Wildman–Crippen MR) is 27.9 cm³/mol. The second-order valence-electron chi connectivity index (χ2n) is 0.961. The molecule has 40 valence electrons. The van der Waals surface area contributed by atoms with Crippen LogP contribution < -0.4 is 29.4 Å². The van der Waals surface area contributed by atoms with Crippen molar-refractivity contribution in [2.75, 3.05) is 5.75 Å². The fourth-order valence-corrected chi connectivity index (χ4v) is 0.756. The number of nitrogens with two attached hydrogens (primary N) is 1. The molecule has 0 fully saturated rings. The summed E-state index contributed by atoms with van der Waals surface area (Å²) in [4.78, 5) is 3.77. The number of amidine groups is 1. The Kier molecular flexibility index (Phi) is 3.63. The molecule has 1 aliphatic rings. The number of halogens is 1. The Balaban J connectivity index is 0.000000360. The smallest absolute Gasteiger partial charge is 0.350 e. The molecule has 0 aromatic carbocycles. The van der Waals surface area contributed by atoms with Crippen LogP contribution in [-0.2, 0) is 0 Å². The lowest BCUT2D eigenvalue weighted by Crippen LogP contribution is -3.00.